The number of esters is 2. The minimum Gasteiger partial charge on any atom is -0.462 e. The van der Waals surface area contributed by atoms with Crippen LogP contribution in [-0.2, 0) is 38.0 Å². The number of carbonyl (C=O) groups is 2. The first-order valence-corrected chi connectivity index (χ1v) is 14.2. The molecule has 38 heavy (non-hydrogen) atoms. The standard InChI is InChI=1S/C28H41NO9/c1-7-29-12-24(4)9-8-18(33-5)27-21(24)22(38-15(3)31)28(23(27)29)26(35-13-36-28)11-17(37-14(2)30)16-10-25(27,32)20(26)19(16)34-6/h16-23,32H,7-13H2,1-6H3/t16-,17+,18+,19+,20+,21-,22+,23?,24+,25+,26-,27-,28-/m1/s1. The van der Waals surface area contributed by atoms with E-state index in [0.717, 1.165) is 25.9 Å². The maximum atomic E-state index is 13.5. The molecule has 10 heteroatoms. The van der Waals surface area contributed by atoms with Crippen LogP contribution in [0.25, 0.3) is 0 Å². The molecular weight excluding hydrogens is 494 g/mol. The molecule has 0 aromatic rings. The van der Waals surface area contributed by atoms with Crippen LogP contribution in [0.15, 0.2) is 0 Å². The monoisotopic (exact) mass is 535 g/mol. The second kappa shape index (κ2) is 7.70. The second-order valence-corrected chi connectivity index (χ2v) is 13.2. The normalized spacial score (nSPS) is 57.4. The summed E-state index contributed by atoms with van der Waals surface area (Å²) in [5.41, 5.74) is -4.51. The lowest BCUT2D eigenvalue weighted by atomic mass is 9.41. The number of methoxy groups -OCH3 is 2. The van der Waals surface area contributed by atoms with Crippen molar-refractivity contribution in [3.63, 3.8) is 0 Å². The molecule has 0 radical (unpaired) electrons. The summed E-state index contributed by atoms with van der Waals surface area (Å²) in [6, 6.07) is -0.316. The summed E-state index contributed by atoms with van der Waals surface area (Å²) in [6.07, 6.45) is 0.531. The van der Waals surface area contributed by atoms with Gasteiger partial charge in [-0.05, 0) is 31.2 Å². The SMILES string of the molecule is CCN1C[C@]2(C)CC[C@H](OC)[C@@]34C1[C@]1(OCO[C@@]15C[C@H](OC(C)=O)[C@H]1C[C@]3(O)[C@@H]5[C@H]1OC)[C@@H](OC(C)=O)[C@H]24. The van der Waals surface area contributed by atoms with Crippen LogP contribution in [0.2, 0.25) is 0 Å². The molecule has 7 bridgehead atoms. The van der Waals surface area contributed by atoms with Gasteiger partial charge in [0.05, 0.1) is 29.3 Å². The van der Waals surface area contributed by atoms with E-state index < -0.39 is 46.4 Å². The van der Waals surface area contributed by atoms with E-state index in [9.17, 15) is 14.7 Å². The predicted molar refractivity (Wildman–Crippen MR) is 131 cm³/mol. The van der Waals surface area contributed by atoms with E-state index in [4.69, 9.17) is 28.4 Å². The highest BCUT2D eigenvalue weighted by Crippen LogP contribution is 2.83. The molecule has 3 spiro atoms. The zero-order valence-corrected chi connectivity index (χ0v) is 23.2. The van der Waals surface area contributed by atoms with E-state index >= 15 is 0 Å². The molecule has 7 aliphatic rings. The summed E-state index contributed by atoms with van der Waals surface area (Å²) in [5.74, 6) is -1.63. The maximum absolute atomic E-state index is 13.5. The minimum absolute atomic E-state index is 0.00343. The van der Waals surface area contributed by atoms with Crippen LogP contribution < -0.4 is 0 Å². The lowest BCUT2D eigenvalue weighted by Gasteiger charge is -2.71. The molecule has 7 rings (SSSR count). The third-order valence-corrected chi connectivity index (χ3v) is 12.2. The van der Waals surface area contributed by atoms with Gasteiger partial charge in [0.2, 0.25) is 0 Å². The van der Waals surface area contributed by atoms with Gasteiger partial charge in [0.25, 0.3) is 0 Å². The summed E-state index contributed by atoms with van der Waals surface area (Å²) in [4.78, 5) is 27.6. The van der Waals surface area contributed by atoms with Gasteiger partial charge in [-0.15, -0.1) is 0 Å². The number of aliphatic hydroxyl groups is 1. The zero-order chi connectivity index (χ0) is 27.0. The van der Waals surface area contributed by atoms with Crippen LogP contribution >= 0.6 is 0 Å². The van der Waals surface area contributed by atoms with Crippen molar-refractivity contribution >= 4 is 11.9 Å². The molecule has 0 aromatic heterocycles. The molecule has 212 valence electrons. The smallest absolute Gasteiger partial charge is 0.303 e. The molecule has 1 N–H and O–H groups in total. The second-order valence-electron chi connectivity index (χ2n) is 13.2. The van der Waals surface area contributed by atoms with E-state index in [1.807, 2.05) is 0 Å². The van der Waals surface area contributed by atoms with Crippen LogP contribution in [0.4, 0.5) is 0 Å². The number of hydrogen-bond acceptors (Lipinski definition) is 10. The molecule has 0 amide bonds. The van der Waals surface area contributed by atoms with Gasteiger partial charge in [0.1, 0.15) is 24.6 Å². The molecule has 5 aliphatic carbocycles. The first-order valence-electron chi connectivity index (χ1n) is 14.2. The van der Waals surface area contributed by atoms with Crippen molar-refractivity contribution in [1.29, 1.82) is 0 Å². The van der Waals surface area contributed by atoms with E-state index in [1.54, 1.807) is 14.2 Å². The highest BCUT2D eigenvalue weighted by molar-refractivity contribution is 5.67. The van der Waals surface area contributed by atoms with Gasteiger partial charge in [-0.3, -0.25) is 14.5 Å². The maximum Gasteiger partial charge on any atom is 0.303 e. The van der Waals surface area contributed by atoms with Crippen LogP contribution in [-0.4, -0.2) is 103 Å². The van der Waals surface area contributed by atoms with Crippen molar-refractivity contribution in [3.8, 4) is 0 Å². The fourth-order valence-electron chi connectivity index (χ4n) is 11.8. The predicted octanol–water partition coefficient (Wildman–Crippen LogP) is 1.27. The topological polar surface area (TPSA) is 113 Å². The van der Waals surface area contributed by atoms with Crippen molar-refractivity contribution in [2.75, 3.05) is 34.1 Å². The number of likely N-dealkylation sites (N-methyl/N-ethyl adjacent to an activating group) is 1. The van der Waals surface area contributed by atoms with Crippen LogP contribution in [0.1, 0.15) is 53.4 Å². The Morgan fingerprint density at radius 2 is 1.79 bits per heavy atom. The summed E-state index contributed by atoms with van der Waals surface area (Å²) in [5, 5.41) is 13.5. The molecule has 5 saturated carbocycles. The molecule has 2 aliphatic heterocycles. The van der Waals surface area contributed by atoms with E-state index in [-0.39, 0.29) is 48.1 Å². The van der Waals surface area contributed by atoms with Crippen LogP contribution in [0, 0.1) is 28.6 Å². The number of ether oxygens (including phenoxy) is 6. The average Bonchev–Trinajstić information content (AvgIpc) is 3.41. The molecule has 2 saturated heterocycles. The molecule has 10 nitrogen and oxygen atoms in total. The van der Waals surface area contributed by atoms with Crippen molar-refractivity contribution in [1.82, 2.24) is 4.90 Å². The van der Waals surface area contributed by atoms with Gasteiger partial charge in [-0.2, -0.15) is 0 Å². The minimum atomic E-state index is -1.29. The van der Waals surface area contributed by atoms with Gasteiger partial charge in [-0.1, -0.05) is 13.8 Å². The Kier molecular flexibility index (Phi) is 5.20. The Morgan fingerprint density at radius 1 is 1.05 bits per heavy atom. The lowest BCUT2D eigenvalue weighted by molar-refractivity contribution is -0.332. The molecule has 1 unspecified atom stereocenters. The van der Waals surface area contributed by atoms with E-state index in [2.05, 4.69) is 18.7 Å². The third-order valence-electron chi connectivity index (χ3n) is 12.2. The largest absolute Gasteiger partial charge is 0.462 e. The molecule has 7 fully saturated rings. The first kappa shape index (κ1) is 25.7. The molecule has 2 heterocycles. The van der Waals surface area contributed by atoms with Gasteiger partial charge < -0.3 is 33.5 Å². The van der Waals surface area contributed by atoms with Crippen molar-refractivity contribution < 1.29 is 43.1 Å². The van der Waals surface area contributed by atoms with Crippen molar-refractivity contribution in [3.05, 3.63) is 0 Å². The molecule has 0 aromatic carbocycles. The number of piperidine rings is 1. The van der Waals surface area contributed by atoms with Crippen molar-refractivity contribution in [2.24, 2.45) is 28.6 Å². The van der Waals surface area contributed by atoms with E-state index in [1.165, 1.54) is 13.8 Å². The van der Waals surface area contributed by atoms with Crippen molar-refractivity contribution in [2.45, 2.75) is 101 Å². The number of hydrogen-bond donors (Lipinski definition) is 1. The third kappa shape index (κ3) is 2.42. The fourth-order valence-corrected chi connectivity index (χ4v) is 11.8. The number of nitrogens with zero attached hydrogens (tertiary/aromatic N) is 1. The van der Waals surface area contributed by atoms with Gasteiger partial charge in [0.15, 0.2) is 5.60 Å². The van der Waals surface area contributed by atoms with Crippen LogP contribution in [0.3, 0.4) is 0 Å². The summed E-state index contributed by atoms with van der Waals surface area (Å²) < 4.78 is 38.4. The fraction of sp³-hybridized carbons (Fsp3) is 0.929. The Morgan fingerprint density at radius 3 is 2.42 bits per heavy atom. The number of carbonyl (C=O) groups excluding carboxylic acids is 2. The lowest BCUT2D eigenvalue weighted by Crippen LogP contribution is -2.85. The molecule has 13 atom stereocenters. The van der Waals surface area contributed by atoms with E-state index in [0.29, 0.717) is 12.8 Å². The zero-order valence-electron chi connectivity index (χ0n) is 23.2. The highest BCUT2D eigenvalue weighted by Gasteiger charge is 2.97. The number of fused-ring (bicyclic) bond motifs is 1. The first-order chi connectivity index (χ1) is 18.0. The average molecular weight is 536 g/mol. The van der Waals surface area contributed by atoms with Gasteiger partial charge >= 0.3 is 11.9 Å². The summed E-state index contributed by atoms with van der Waals surface area (Å²) in [7, 11) is 3.39. The summed E-state index contributed by atoms with van der Waals surface area (Å²) >= 11 is 0. The summed E-state index contributed by atoms with van der Waals surface area (Å²) in [6.45, 7) is 8.82. The van der Waals surface area contributed by atoms with Gasteiger partial charge in [-0.25, -0.2) is 0 Å². The molecular formula is C28H41NO9. The quantitative estimate of drug-likeness (QED) is 0.517. The Hall–Kier alpha value is -1.30. The van der Waals surface area contributed by atoms with Gasteiger partial charge in [0, 0.05) is 58.8 Å². The Bertz CT molecular complexity index is 1070. The Balaban J connectivity index is 1.59. The Labute approximate surface area is 223 Å². The van der Waals surface area contributed by atoms with Crippen LogP contribution in [0.5, 0.6) is 0 Å². The highest BCUT2D eigenvalue weighted by atomic mass is 16.7. The number of likely N-dealkylation sites (tertiary alicyclic amines) is 1. The number of rotatable bonds is 5.